The molecule has 0 unspecified atom stereocenters. The second-order valence-electron chi connectivity index (χ2n) is 7.56. The molecule has 0 spiro atoms. The van der Waals surface area contributed by atoms with Crippen LogP contribution in [-0.4, -0.2) is 14.7 Å². The molecule has 0 radical (unpaired) electrons. The van der Waals surface area contributed by atoms with E-state index in [-0.39, 0.29) is 12.0 Å². The molecule has 5 heteroatoms. The van der Waals surface area contributed by atoms with Crippen LogP contribution in [0.4, 0.5) is 0 Å². The molecular formula is C22H28ClN3O. The number of hydrogen-bond donors (Lipinski definition) is 1. The minimum Gasteiger partial charge on any atom is -0.390 e. The Labute approximate surface area is 166 Å². The molecule has 0 bridgehead atoms. The molecule has 0 aliphatic heterocycles. The zero-order valence-corrected chi connectivity index (χ0v) is 16.8. The summed E-state index contributed by atoms with van der Waals surface area (Å²) in [4.78, 5) is 4.46. The Hall–Kier alpha value is -1.83. The highest BCUT2D eigenvalue weighted by atomic mass is 35.5. The van der Waals surface area contributed by atoms with Crippen molar-refractivity contribution in [1.29, 1.82) is 5.26 Å². The van der Waals surface area contributed by atoms with Crippen molar-refractivity contribution in [2.75, 3.05) is 0 Å². The number of aliphatic hydroxyl groups excluding tert-OH is 1. The third-order valence-corrected chi connectivity index (χ3v) is 6.08. The molecule has 0 atom stereocenters. The van der Waals surface area contributed by atoms with Gasteiger partial charge in [-0.3, -0.25) is 0 Å². The molecule has 1 aromatic heterocycles. The Balaban J connectivity index is 1.84. The molecule has 1 fully saturated rings. The molecule has 27 heavy (non-hydrogen) atoms. The van der Waals surface area contributed by atoms with Gasteiger partial charge in [0.15, 0.2) is 5.15 Å². The molecule has 1 aliphatic carbocycles. The van der Waals surface area contributed by atoms with Gasteiger partial charge >= 0.3 is 0 Å². The van der Waals surface area contributed by atoms with Crippen molar-refractivity contribution in [3.63, 3.8) is 0 Å². The smallest absolute Gasteiger partial charge is 0.152 e. The van der Waals surface area contributed by atoms with Gasteiger partial charge in [-0.05, 0) is 30.4 Å². The maximum Gasteiger partial charge on any atom is 0.152 e. The molecule has 3 rings (SSSR count). The third-order valence-electron chi connectivity index (χ3n) is 5.77. The lowest BCUT2D eigenvalue weighted by Crippen LogP contribution is -2.27. The number of nitrogens with zero attached hydrogens (tertiary/aromatic N) is 3. The molecule has 0 amide bonds. The molecule has 1 saturated carbocycles. The van der Waals surface area contributed by atoms with E-state index in [4.69, 9.17) is 11.6 Å². The summed E-state index contributed by atoms with van der Waals surface area (Å²) in [6.07, 6.45) is 8.38. The third kappa shape index (κ3) is 4.20. The van der Waals surface area contributed by atoms with E-state index >= 15 is 0 Å². The molecule has 1 heterocycles. The molecule has 2 aromatic rings. The minimum absolute atomic E-state index is 0.117. The Kier molecular flexibility index (Phi) is 6.57. The van der Waals surface area contributed by atoms with Crippen LogP contribution in [0.15, 0.2) is 24.3 Å². The number of aromatic nitrogens is 2. The van der Waals surface area contributed by atoms with Crippen molar-refractivity contribution in [3.05, 3.63) is 52.1 Å². The van der Waals surface area contributed by atoms with Crippen molar-refractivity contribution in [3.8, 4) is 6.07 Å². The van der Waals surface area contributed by atoms with Gasteiger partial charge in [0.1, 0.15) is 5.82 Å². The lowest BCUT2D eigenvalue weighted by molar-refractivity contribution is 0.271. The minimum atomic E-state index is -0.322. The largest absolute Gasteiger partial charge is 0.390 e. The van der Waals surface area contributed by atoms with Gasteiger partial charge in [0, 0.05) is 13.0 Å². The lowest BCUT2D eigenvalue weighted by Gasteiger charge is -2.31. The number of aryl methyl sites for hydroxylation is 1. The van der Waals surface area contributed by atoms with Gasteiger partial charge in [-0.1, -0.05) is 68.5 Å². The van der Waals surface area contributed by atoms with Crippen LogP contribution in [0.1, 0.15) is 74.5 Å². The van der Waals surface area contributed by atoms with Gasteiger partial charge in [0.25, 0.3) is 0 Å². The number of rotatable bonds is 7. The van der Waals surface area contributed by atoms with Crippen molar-refractivity contribution < 1.29 is 5.11 Å². The van der Waals surface area contributed by atoms with Gasteiger partial charge in [-0.2, -0.15) is 5.26 Å². The molecule has 144 valence electrons. The van der Waals surface area contributed by atoms with E-state index in [1.807, 2.05) is 4.57 Å². The van der Waals surface area contributed by atoms with Gasteiger partial charge in [-0.15, -0.1) is 0 Å². The van der Waals surface area contributed by atoms with Gasteiger partial charge in [0.05, 0.1) is 23.8 Å². The fourth-order valence-corrected chi connectivity index (χ4v) is 4.36. The van der Waals surface area contributed by atoms with E-state index in [0.29, 0.717) is 17.4 Å². The van der Waals surface area contributed by atoms with Crippen molar-refractivity contribution in [2.45, 2.75) is 76.9 Å². The quantitative estimate of drug-likeness (QED) is 0.717. The van der Waals surface area contributed by atoms with E-state index in [0.717, 1.165) is 61.9 Å². The van der Waals surface area contributed by atoms with E-state index in [2.05, 4.69) is 42.2 Å². The number of halogens is 1. The first-order valence-corrected chi connectivity index (χ1v) is 10.4. The highest BCUT2D eigenvalue weighted by molar-refractivity contribution is 6.30. The molecule has 1 aromatic carbocycles. The normalized spacial score (nSPS) is 16.2. The average molecular weight is 386 g/mol. The summed E-state index contributed by atoms with van der Waals surface area (Å²) < 4.78 is 2.04. The summed E-state index contributed by atoms with van der Waals surface area (Å²) in [6.45, 7) is 2.67. The van der Waals surface area contributed by atoms with Gasteiger partial charge in [-0.25, -0.2) is 4.98 Å². The SMILES string of the molecule is CCCCc1nc(Cl)c(CO)n1Cc1ccc(C2(C#N)CCCCC2)cc1. The highest BCUT2D eigenvalue weighted by Gasteiger charge is 2.33. The molecule has 0 saturated heterocycles. The van der Waals surface area contributed by atoms with Crippen molar-refractivity contribution in [2.24, 2.45) is 0 Å². The second kappa shape index (κ2) is 8.91. The standard InChI is InChI=1S/C22H28ClN3O/c1-2-3-7-20-25-21(23)19(15-27)26(20)14-17-8-10-18(11-9-17)22(16-24)12-5-4-6-13-22/h8-11,27H,2-7,12-15H2,1H3. The van der Waals surface area contributed by atoms with E-state index in [1.165, 1.54) is 6.42 Å². The molecular weight excluding hydrogens is 358 g/mol. The molecule has 1 aliphatic rings. The zero-order valence-electron chi connectivity index (χ0n) is 16.0. The van der Waals surface area contributed by atoms with Gasteiger partial charge in [0.2, 0.25) is 0 Å². The summed E-state index contributed by atoms with van der Waals surface area (Å²) in [6, 6.07) is 11.0. The number of unbranched alkanes of at least 4 members (excludes halogenated alkanes) is 1. The molecule has 4 nitrogen and oxygen atoms in total. The van der Waals surface area contributed by atoms with E-state index < -0.39 is 0 Å². The van der Waals surface area contributed by atoms with Gasteiger partial charge < -0.3 is 9.67 Å². The van der Waals surface area contributed by atoms with Crippen LogP contribution < -0.4 is 0 Å². The maximum absolute atomic E-state index is 9.78. The maximum atomic E-state index is 9.78. The predicted octanol–water partition coefficient (Wildman–Crippen LogP) is 5.15. The van der Waals surface area contributed by atoms with Crippen LogP contribution in [0.5, 0.6) is 0 Å². The number of aliphatic hydroxyl groups is 1. The number of hydrogen-bond acceptors (Lipinski definition) is 3. The summed E-state index contributed by atoms with van der Waals surface area (Å²) in [5.74, 6) is 0.927. The first-order valence-electron chi connectivity index (χ1n) is 9.99. The van der Waals surface area contributed by atoms with Crippen LogP contribution >= 0.6 is 11.6 Å². The fourth-order valence-electron chi connectivity index (χ4n) is 4.10. The fraction of sp³-hybridized carbons (Fsp3) is 0.545. The van der Waals surface area contributed by atoms with Crippen molar-refractivity contribution in [1.82, 2.24) is 9.55 Å². The van der Waals surface area contributed by atoms with Crippen LogP contribution in [0.2, 0.25) is 5.15 Å². The summed E-state index contributed by atoms with van der Waals surface area (Å²) in [7, 11) is 0. The van der Waals surface area contributed by atoms with Crippen molar-refractivity contribution >= 4 is 11.6 Å². The highest BCUT2D eigenvalue weighted by Crippen LogP contribution is 2.39. The zero-order chi connectivity index (χ0) is 19.3. The van der Waals surface area contributed by atoms with Crippen LogP contribution in [0.3, 0.4) is 0 Å². The number of imidazole rings is 1. The molecule has 1 N–H and O–H groups in total. The first-order chi connectivity index (χ1) is 13.1. The van der Waals surface area contributed by atoms with Crippen LogP contribution in [-0.2, 0) is 25.0 Å². The monoisotopic (exact) mass is 385 g/mol. The Bertz CT molecular complexity index is 798. The van der Waals surface area contributed by atoms with Crippen LogP contribution in [0, 0.1) is 11.3 Å². The number of nitriles is 1. The lowest BCUT2D eigenvalue weighted by atomic mass is 9.70. The number of benzene rings is 1. The summed E-state index contributed by atoms with van der Waals surface area (Å²) in [5, 5.41) is 19.9. The van der Waals surface area contributed by atoms with E-state index in [9.17, 15) is 10.4 Å². The summed E-state index contributed by atoms with van der Waals surface area (Å²) in [5.41, 5.74) is 2.61. The predicted molar refractivity (Wildman–Crippen MR) is 108 cm³/mol. The Morgan fingerprint density at radius 3 is 2.52 bits per heavy atom. The van der Waals surface area contributed by atoms with Crippen LogP contribution in [0.25, 0.3) is 0 Å². The second-order valence-corrected chi connectivity index (χ2v) is 7.92. The topological polar surface area (TPSA) is 61.8 Å². The van der Waals surface area contributed by atoms with E-state index in [1.54, 1.807) is 0 Å². The first kappa shape index (κ1) is 19.9. The average Bonchev–Trinajstić information content (AvgIpc) is 3.01. The summed E-state index contributed by atoms with van der Waals surface area (Å²) >= 11 is 6.23. The Morgan fingerprint density at radius 2 is 1.93 bits per heavy atom. The Morgan fingerprint density at radius 1 is 1.22 bits per heavy atom.